The topological polar surface area (TPSA) is 83.6 Å². The first kappa shape index (κ1) is 18.0. The van der Waals surface area contributed by atoms with Crippen LogP contribution in [0.4, 0.5) is 0 Å². The lowest BCUT2D eigenvalue weighted by molar-refractivity contribution is -0.120. The molecule has 0 unspecified atom stereocenters. The molecule has 24 heavy (non-hydrogen) atoms. The maximum atomic E-state index is 12.1. The van der Waals surface area contributed by atoms with Crippen molar-refractivity contribution in [1.82, 2.24) is 20.1 Å². The van der Waals surface area contributed by atoms with Gasteiger partial charge in [-0.25, -0.2) is 0 Å². The lowest BCUT2D eigenvalue weighted by Gasteiger charge is -2.27. The Kier molecular flexibility index (Phi) is 5.62. The van der Waals surface area contributed by atoms with E-state index in [1.54, 1.807) is 6.92 Å². The molecular formula is C17H21N5OS. The van der Waals surface area contributed by atoms with Crippen LogP contribution >= 0.6 is 11.8 Å². The van der Waals surface area contributed by atoms with Crippen LogP contribution in [0.1, 0.15) is 20.8 Å². The Bertz CT molecular complexity index is 750. The van der Waals surface area contributed by atoms with E-state index in [2.05, 4.69) is 21.6 Å². The van der Waals surface area contributed by atoms with Gasteiger partial charge in [-0.05, 0) is 12.8 Å². The van der Waals surface area contributed by atoms with Crippen LogP contribution in [0.15, 0.2) is 35.5 Å². The highest BCUT2D eigenvalue weighted by Crippen LogP contribution is 2.22. The molecule has 0 aliphatic rings. The number of amides is 1. The number of nitriles is 1. The van der Waals surface area contributed by atoms with Crippen LogP contribution in [0.5, 0.6) is 0 Å². The number of aromatic nitrogens is 3. The Morgan fingerprint density at radius 1 is 1.38 bits per heavy atom. The number of nitrogens with zero attached hydrogens (tertiary/aromatic N) is 4. The van der Waals surface area contributed by atoms with Gasteiger partial charge in [0.25, 0.3) is 0 Å². The lowest BCUT2D eigenvalue weighted by Crippen LogP contribution is -2.49. The Labute approximate surface area is 146 Å². The zero-order valence-electron chi connectivity index (χ0n) is 14.3. The predicted molar refractivity (Wildman–Crippen MR) is 94.2 cm³/mol. The molecule has 0 radical (unpaired) electrons. The van der Waals surface area contributed by atoms with E-state index >= 15 is 0 Å². The first-order chi connectivity index (χ1) is 11.4. The summed E-state index contributed by atoms with van der Waals surface area (Å²) in [5, 5.41) is 21.1. The molecule has 0 saturated heterocycles. The van der Waals surface area contributed by atoms with E-state index < -0.39 is 5.54 Å². The van der Waals surface area contributed by atoms with Crippen LogP contribution < -0.4 is 5.32 Å². The molecule has 126 valence electrons. The minimum atomic E-state index is -0.868. The standard InChI is InChI=1S/C17H21N5OS/c1-12(2)17(3,11-18)19-14(23)10-24-16-21-20-15(22(16)4)13-8-6-5-7-9-13/h5-9,12H,10H2,1-4H3,(H,19,23)/t17-/m1/s1. The summed E-state index contributed by atoms with van der Waals surface area (Å²) in [7, 11) is 1.87. The van der Waals surface area contributed by atoms with Crippen molar-refractivity contribution in [2.24, 2.45) is 13.0 Å². The monoisotopic (exact) mass is 343 g/mol. The second-order valence-electron chi connectivity index (χ2n) is 6.04. The second kappa shape index (κ2) is 7.49. The number of nitrogens with one attached hydrogen (secondary N) is 1. The van der Waals surface area contributed by atoms with Crippen molar-refractivity contribution in [1.29, 1.82) is 5.26 Å². The van der Waals surface area contributed by atoms with Gasteiger partial charge < -0.3 is 9.88 Å². The smallest absolute Gasteiger partial charge is 0.231 e. The summed E-state index contributed by atoms with van der Waals surface area (Å²) < 4.78 is 1.86. The van der Waals surface area contributed by atoms with Gasteiger partial charge in [0, 0.05) is 12.6 Å². The van der Waals surface area contributed by atoms with Crippen molar-refractivity contribution < 1.29 is 4.79 Å². The average molecular weight is 343 g/mol. The molecule has 1 aromatic carbocycles. The van der Waals surface area contributed by atoms with Gasteiger partial charge in [-0.3, -0.25) is 4.79 Å². The quantitative estimate of drug-likeness (QED) is 0.815. The normalized spacial score (nSPS) is 13.3. The first-order valence-corrected chi connectivity index (χ1v) is 8.66. The molecule has 2 aromatic rings. The third-order valence-corrected chi connectivity index (χ3v) is 5.01. The van der Waals surface area contributed by atoms with E-state index in [0.29, 0.717) is 5.16 Å². The molecule has 7 heteroatoms. The van der Waals surface area contributed by atoms with E-state index in [1.807, 2.05) is 55.8 Å². The van der Waals surface area contributed by atoms with E-state index in [9.17, 15) is 10.1 Å². The molecule has 1 heterocycles. The van der Waals surface area contributed by atoms with Gasteiger partial charge in [-0.2, -0.15) is 5.26 Å². The average Bonchev–Trinajstić information content (AvgIpc) is 2.94. The fourth-order valence-electron chi connectivity index (χ4n) is 2.04. The van der Waals surface area contributed by atoms with Crippen molar-refractivity contribution in [2.45, 2.75) is 31.5 Å². The van der Waals surface area contributed by atoms with Crippen molar-refractivity contribution in [3.63, 3.8) is 0 Å². The molecule has 1 N–H and O–H groups in total. The first-order valence-electron chi connectivity index (χ1n) is 7.67. The predicted octanol–water partition coefficient (Wildman–Crippen LogP) is 2.63. The number of hydrogen-bond donors (Lipinski definition) is 1. The fourth-order valence-corrected chi connectivity index (χ4v) is 2.75. The Balaban J connectivity index is 2.02. The largest absolute Gasteiger partial charge is 0.337 e. The molecule has 0 bridgehead atoms. The SMILES string of the molecule is CC(C)[C@@](C)(C#N)NC(=O)CSc1nnc(-c2ccccc2)n1C. The highest BCUT2D eigenvalue weighted by atomic mass is 32.2. The Hall–Kier alpha value is -2.33. The van der Waals surface area contributed by atoms with E-state index in [1.165, 1.54) is 11.8 Å². The van der Waals surface area contributed by atoms with E-state index in [0.717, 1.165) is 11.4 Å². The van der Waals surface area contributed by atoms with Crippen molar-refractivity contribution in [3.05, 3.63) is 30.3 Å². The molecule has 1 aromatic heterocycles. The van der Waals surface area contributed by atoms with Crippen LogP contribution in [0, 0.1) is 17.2 Å². The molecule has 0 saturated carbocycles. The van der Waals surface area contributed by atoms with Crippen LogP contribution in [0.25, 0.3) is 11.4 Å². The summed E-state index contributed by atoms with van der Waals surface area (Å²) in [6.07, 6.45) is 0. The van der Waals surface area contributed by atoms with E-state index in [-0.39, 0.29) is 17.6 Å². The van der Waals surface area contributed by atoms with Gasteiger partial charge in [0.15, 0.2) is 11.0 Å². The molecule has 2 rings (SSSR count). The summed E-state index contributed by atoms with van der Waals surface area (Å²) in [5.74, 6) is 0.769. The molecule has 0 spiro atoms. The maximum absolute atomic E-state index is 12.1. The fraction of sp³-hybridized carbons (Fsp3) is 0.412. The zero-order valence-corrected chi connectivity index (χ0v) is 15.1. The zero-order chi connectivity index (χ0) is 17.7. The molecule has 0 aliphatic carbocycles. The maximum Gasteiger partial charge on any atom is 0.231 e. The third-order valence-electron chi connectivity index (χ3n) is 3.99. The van der Waals surface area contributed by atoms with Crippen molar-refractivity contribution >= 4 is 17.7 Å². The van der Waals surface area contributed by atoms with Gasteiger partial charge in [0.2, 0.25) is 5.91 Å². The number of carbonyl (C=O) groups excluding carboxylic acids is 1. The Morgan fingerprint density at radius 2 is 2.04 bits per heavy atom. The number of hydrogen-bond acceptors (Lipinski definition) is 5. The summed E-state index contributed by atoms with van der Waals surface area (Å²) in [6, 6.07) is 11.9. The van der Waals surface area contributed by atoms with E-state index in [4.69, 9.17) is 0 Å². The highest BCUT2D eigenvalue weighted by Gasteiger charge is 2.30. The van der Waals surface area contributed by atoms with Crippen LogP contribution in [0.2, 0.25) is 0 Å². The summed E-state index contributed by atoms with van der Waals surface area (Å²) in [4.78, 5) is 12.1. The number of carbonyl (C=O) groups is 1. The molecule has 1 amide bonds. The van der Waals surface area contributed by atoms with Gasteiger partial charge in [0.1, 0.15) is 5.54 Å². The molecule has 0 aliphatic heterocycles. The third kappa shape index (κ3) is 3.95. The summed E-state index contributed by atoms with van der Waals surface area (Å²) in [6.45, 7) is 5.55. The Morgan fingerprint density at radius 3 is 2.62 bits per heavy atom. The summed E-state index contributed by atoms with van der Waals surface area (Å²) >= 11 is 1.30. The number of thioether (sulfide) groups is 1. The molecule has 0 fully saturated rings. The minimum Gasteiger partial charge on any atom is -0.337 e. The molecular weight excluding hydrogens is 322 g/mol. The van der Waals surface area contributed by atoms with Gasteiger partial charge in [-0.15, -0.1) is 10.2 Å². The molecule has 6 nitrogen and oxygen atoms in total. The van der Waals surface area contributed by atoms with Crippen LogP contribution in [-0.4, -0.2) is 32.0 Å². The van der Waals surface area contributed by atoms with Gasteiger partial charge in [-0.1, -0.05) is 55.9 Å². The summed E-state index contributed by atoms with van der Waals surface area (Å²) in [5.41, 5.74) is 0.105. The highest BCUT2D eigenvalue weighted by molar-refractivity contribution is 7.99. The number of benzene rings is 1. The van der Waals surface area contributed by atoms with Crippen LogP contribution in [0.3, 0.4) is 0 Å². The second-order valence-corrected chi connectivity index (χ2v) is 6.98. The van der Waals surface area contributed by atoms with Crippen molar-refractivity contribution in [3.8, 4) is 17.5 Å². The lowest BCUT2D eigenvalue weighted by atomic mass is 9.90. The van der Waals surface area contributed by atoms with Crippen molar-refractivity contribution in [2.75, 3.05) is 5.75 Å². The minimum absolute atomic E-state index is 0.0240. The van der Waals surface area contributed by atoms with Gasteiger partial charge >= 0.3 is 0 Å². The molecule has 1 atom stereocenters. The van der Waals surface area contributed by atoms with Crippen LogP contribution in [-0.2, 0) is 11.8 Å². The number of rotatable bonds is 6. The van der Waals surface area contributed by atoms with Gasteiger partial charge in [0.05, 0.1) is 11.8 Å².